The van der Waals surface area contributed by atoms with Crippen LogP contribution < -0.4 is 14.8 Å². The van der Waals surface area contributed by atoms with E-state index in [1.165, 1.54) is 24.3 Å². The lowest BCUT2D eigenvalue weighted by Gasteiger charge is -2.26. The highest BCUT2D eigenvalue weighted by Crippen LogP contribution is 2.30. The first-order chi connectivity index (χ1) is 12.7. The van der Waals surface area contributed by atoms with Crippen LogP contribution in [0, 0.1) is 11.3 Å². The molecule has 3 rings (SSSR count). The lowest BCUT2D eigenvalue weighted by atomic mass is 10.1. The molecular weight excluding hydrogens is 336 g/mol. The fourth-order valence-electron chi connectivity index (χ4n) is 2.34. The van der Waals surface area contributed by atoms with Crippen LogP contribution in [0.5, 0.6) is 11.5 Å². The molecular formula is C19H16N2O5. The summed E-state index contributed by atoms with van der Waals surface area (Å²) >= 11 is 0. The number of ether oxygens (including phenoxy) is 3. The lowest BCUT2D eigenvalue weighted by molar-refractivity contribution is -0.124. The van der Waals surface area contributed by atoms with Crippen molar-refractivity contribution < 1.29 is 23.8 Å². The number of fused-ring (bicyclic) bond motifs is 1. The Balaban J connectivity index is 1.42. The summed E-state index contributed by atoms with van der Waals surface area (Å²) in [5.41, 5.74) is 0.716. The van der Waals surface area contributed by atoms with E-state index in [1.54, 1.807) is 6.07 Å². The number of carbonyl (C=O) groups is 2. The second-order valence-electron chi connectivity index (χ2n) is 5.57. The van der Waals surface area contributed by atoms with Crippen LogP contribution in [0.15, 0.2) is 48.5 Å². The molecule has 0 aliphatic carbocycles. The summed E-state index contributed by atoms with van der Waals surface area (Å²) in [5.74, 6) is 0.238. The molecule has 1 amide bonds. The molecule has 7 heteroatoms. The number of amides is 1. The van der Waals surface area contributed by atoms with Crippen molar-refractivity contribution >= 4 is 11.9 Å². The van der Waals surface area contributed by atoms with E-state index in [1.807, 2.05) is 24.3 Å². The van der Waals surface area contributed by atoms with Crippen LogP contribution in [0.1, 0.15) is 15.9 Å². The topological polar surface area (TPSA) is 97.7 Å². The Bertz CT molecular complexity index is 842. The maximum Gasteiger partial charge on any atom is 0.338 e. The van der Waals surface area contributed by atoms with E-state index >= 15 is 0 Å². The molecule has 0 fully saturated rings. The van der Waals surface area contributed by atoms with Gasteiger partial charge in [-0.1, -0.05) is 12.1 Å². The van der Waals surface area contributed by atoms with Crippen molar-refractivity contribution in [3.05, 3.63) is 59.7 Å². The highest BCUT2D eigenvalue weighted by molar-refractivity contribution is 5.91. The van der Waals surface area contributed by atoms with E-state index < -0.39 is 18.5 Å². The second-order valence-corrected chi connectivity index (χ2v) is 5.57. The first-order valence-electron chi connectivity index (χ1n) is 7.98. The van der Waals surface area contributed by atoms with Crippen LogP contribution in [0.3, 0.4) is 0 Å². The summed E-state index contributed by atoms with van der Waals surface area (Å²) in [5, 5.41) is 11.4. The number of para-hydroxylation sites is 2. The number of rotatable bonds is 5. The Labute approximate surface area is 150 Å². The molecule has 1 atom stereocenters. The zero-order valence-electron chi connectivity index (χ0n) is 13.8. The molecule has 1 aliphatic heterocycles. The van der Waals surface area contributed by atoms with Gasteiger partial charge in [-0.2, -0.15) is 5.26 Å². The van der Waals surface area contributed by atoms with Crippen LogP contribution in [0.4, 0.5) is 0 Å². The third kappa shape index (κ3) is 4.30. The number of carbonyl (C=O) groups excluding carboxylic acids is 2. The van der Waals surface area contributed by atoms with Gasteiger partial charge in [0, 0.05) is 0 Å². The first-order valence-corrected chi connectivity index (χ1v) is 7.98. The SMILES string of the molecule is N#Cc1ccc(C(=O)OCC(=O)NCC2COc3ccccc3O2)cc1. The van der Waals surface area contributed by atoms with Crippen LogP contribution in [0.2, 0.25) is 0 Å². The molecule has 0 radical (unpaired) electrons. The minimum Gasteiger partial charge on any atom is -0.486 e. The van der Waals surface area contributed by atoms with Gasteiger partial charge in [-0.25, -0.2) is 4.79 Å². The van der Waals surface area contributed by atoms with Crippen LogP contribution in [-0.4, -0.2) is 37.7 Å². The van der Waals surface area contributed by atoms with Gasteiger partial charge in [0.1, 0.15) is 12.7 Å². The number of nitrogens with zero attached hydrogens (tertiary/aromatic N) is 1. The number of benzene rings is 2. The molecule has 0 spiro atoms. The molecule has 132 valence electrons. The van der Waals surface area contributed by atoms with Gasteiger partial charge in [0.2, 0.25) is 0 Å². The highest BCUT2D eigenvalue weighted by atomic mass is 16.6. The average Bonchev–Trinajstić information content (AvgIpc) is 2.70. The van der Waals surface area contributed by atoms with E-state index in [2.05, 4.69) is 5.32 Å². The second kappa shape index (κ2) is 8.03. The molecule has 2 aromatic carbocycles. The van der Waals surface area contributed by atoms with E-state index in [9.17, 15) is 9.59 Å². The third-order valence-corrected chi connectivity index (χ3v) is 3.68. The summed E-state index contributed by atoms with van der Waals surface area (Å²) in [6, 6.07) is 15.2. The molecule has 2 aromatic rings. The molecule has 26 heavy (non-hydrogen) atoms. The monoisotopic (exact) mass is 352 g/mol. The number of esters is 1. The Morgan fingerprint density at radius 3 is 2.62 bits per heavy atom. The van der Waals surface area contributed by atoms with Gasteiger partial charge in [0.05, 0.1) is 23.7 Å². The lowest BCUT2D eigenvalue weighted by Crippen LogP contribution is -2.42. The predicted molar refractivity (Wildman–Crippen MR) is 90.8 cm³/mol. The van der Waals surface area contributed by atoms with Gasteiger partial charge in [-0.05, 0) is 36.4 Å². The smallest absolute Gasteiger partial charge is 0.338 e. The maximum atomic E-state index is 11.9. The van der Waals surface area contributed by atoms with E-state index in [4.69, 9.17) is 19.5 Å². The summed E-state index contributed by atoms with van der Waals surface area (Å²) in [6.45, 7) is 0.160. The highest BCUT2D eigenvalue weighted by Gasteiger charge is 2.21. The van der Waals surface area contributed by atoms with Crippen molar-refractivity contribution in [2.24, 2.45) is 0 Å². The normalized spacial score (nSPS) is 14.8. The molecule has 0 saturated carbocycles. The molecule has 1 aliphatic rings. The molecule has 1 heterocycles. The van der Waals surface area contributed by atoms with Crippen molar-refractivity contribution in [1.29, 1.82) is 5.26 Å². The van der Waals surface area contributed by atoms with Gasteiger partial charge in [0.15, 0.2) is 18.1 Å². The number of nitrogens with one attached hydrogen (secondary N) is 1. The fourth-order valence-corrected chi connectivity index (χ4v) is 2.34. The summed E-state index contributed by atoms with van der Waals surface area (Å²) in [6.07, 6.45) is -0.317. The molecule has 0 saturated heterocycles. The number of hydrogen-bond donors (Lipinski definition) is 1. The first kappa shape index (κ1) is 17.3. The van der Waals surface area contributed by atoms with Crippen LogP contribution in [-0.2, 0) is 9.53 Å². The Morgan fingerprint density at radius 1 is 1.15 bits per heavy atom. The standard InChI is InChI=1S/C19H16N2O5/c20-9-13-5-7-14(8-6-13)19(23)25-12-18(22)21-10-15-11-24-16-3-1-2-4-17(16)26-15/h1-8,15H,10-12H2,(H,21,22). The van der Waals surface area contributed by atoms with Crippen LogP contribution in [0.25, 0.3) is 0 Å². The third-order valence-electron chi connectivity index (χ3n) is 3.68. The average molecular weight is 352 g/mol. The summed E-state index contributed by atoms with van der Waals surface area (Å²) in [7, 11) is 0. The Hall–Kier alpha value is -3.53. The molecule has 0 bridgehead atoms. The number of nitriles is 1. The van der Waals surface area contributed by atoms with Crippen molar-refractivity contribution in [2.75, 3.05) is 19.8 Å². The van der Waals surface area contributed by atoms with Crippen molar-refractivity contribution in [1.82, 2.24) is 5.32 Å². The van der Waals surface area contributed by atoms with Crippen molar-refractivity contribution in [2.45, 2.75) is 6.10 Å². The molecule has 0 aromatic heterocycles. The minimum atomic E-state index is -0.629. The quantitative estimate of drug-likeness (QED) is 0.822. The largest absolute Gasteiger partial charge is 0.486 e. The summed E-state index contributed by atoms with van der Waals surface area (Å²) < 4.78 is 16.2. The van der Waals surface area contributed by atoms with Gasteiger partial charge in [-0.3, -0.25) is 4.79 Å². The van der Waals surface area contributed by atoms with E-state index in [0.717, 1.165) is 0 Å². The van der Waals surface area contributed by atoms with Gasteiger partial charge in [-0.15, -0.1) is 0 Å². The molecule has 1 N–H and O–H groups in total. The fraction of sp³-hybridized carbons (Fsp3) is 0.211. The van der Waals surface area contributed by atoms with Crippen LogP contribution >= 0.6 is 0 Å². The molecule has 1 unspecified atom stereocenters. The zero-order chi connectivity index (χ0) is 18.4. The number of hydrogen-bond acceptors (Lipinski definition) is 6. The Kier molecular flexibility index (Phi) is 5.34. The van der Waals surface area contributed by atoms with Gasteiger partial charge < -0.3 is 19.5 Å². The summed E-state index contributed by atoms with van der Waals surface area (Å²) in [4.78, 5) is 23.7. The van der Waals surface area contributed by atoms with Crippen molar-refractivity contribution in [3.8, 4) is 17.6 Å². The predicted octanol–water partition coefficient (Wildman–Crippen LogP) is 1.67. The van der Waals surface area contributed by atoms with Gasteiger partial charge >= 0.3 is 5.97 Å². The minimum absolute atomic E-state index is 0.238. The van der Waals surface area contributed by atoms with Crippen molar-refractivity contribution in [3.63, 3.8) is 0 Å². The van der Waals surface area contributed by atoms with E-state index in [-0.39, 0.29) is 18.2 Å². The zero-order valence-corrected chi connectivity index (χ0v) is 13.8. The van der Waals surface area contributed by atoms with E-state index in [0.29, 0.717) is 23.7 Å². The maximum absolute atomic E-state index is 11.9. The van der Waals surface area contributed by atoms with Gasteiger partial charge in [0.25, 0.3) is 5.91 Å². The Morgan fingerprint density at radius 2 is 1.88 bits per heavy atom. The molecule has 7 nitrogen and oxygen atoms in total.